The van der Waals surface area contributed by atoms with Gasteiger partial charge in [0.2, 0.25) is 0 Å². The molecule has 0 saturated carbocycles. The van der Waals surface area contributed by atoms with Crippen molar-refractivity contribution in [3.8, 4) is 0 Å². The highest BCUT2D eigenvalue weighted by Gasteiger charge is 2.39. The first-order valence-electron chi connectivity index (χ1n) is 10.5. The summed E-state index contributed by atoms with van der Waals surface area (Å²) in [5, 5.41) is 1.91. The van der Waals surface area contributed by atoms with Crippen molar-refractivity contribution in [3.63, 3.8) is 0 Å². The zero-order valence-corrected chi connectivity index (χ0v) is 18.4. The summed E-state index contributed by atoms with van der Waals surface area (Å²) in [6.45, 7) is 2.02. The predicted molar refractivity (Wildman–Crippen MR) is 126 cm³/mol. The smallest absolute Gasteiger partial charge is 0.294 e. The van der Waals surface area contributed by atoms with Crippen LogP contribution in [-0.4, -0.2) is 17.9 Å². The zero-order valence-electron chi connectivity index (χ0n) is 17.5. The van der Waals surface area contributed by atoms with Crippen LogP contribution in [0.4, 0.5) is 11.4 Å². The van der Waals surface area contributed by atoms with Gasteiger partial charge in [0.05, 0.1) is 17.2 Å². The SMILES string of the molecule is C[C@@H]1C[C@H](N(C(=O)c2cccs2)c2ccccc2)c2ccccc2N1C(=O)c1ccco1. The number of benzene rings is 2. The molecule has 2 atom stereocenters. The number of amides is 2. The second kappa shape index (κ2) is 8.48. The molecule has 0 N–H and O–H groups in total. The molecule has 5 nitrogen and oxygen atoms in total. The van der Waals surface area contributed by atoms with E-state index >= 15 is 0 Å². The molecule has 1 aliphatic rings. The lowest BCUT2D eigenvalue weighted by Gasteiger charge is -2.43. The Morgan fingerprint density at radius 3 is 2.47 bits per heavy atom. The maximum atomic E-state index is 13.7. The van der Waals surface area contributed by atoms with Crippen LogP contribution >= 0.6 is 11.3 Å². The summed E-state index contributed by atoms with van der Waals surface area (Å²) in [4.78, 5) is 31.3. The van der Waals surface area contributed by atoms with Crippen LogP contribution in [0.15, 0.2) is 94.9 Å². The number of rotatable bonds is 4. The number of thiophene rings is 1. The second-order valence-corrected chi connectivity index (χ2v) is 8.75. The summed E-state index contributed by atoms with van der Waals surface area (Å²) >= 11 is 1.44. The summed E-state index contributed by atoms with van der Waals surface area (Å²) in [5.41, 5.74) is 2.58. The summed E-state index contributed by atoms with van der Waals surface area (Å²) < 4.78 is 5.39. The number of hydrogen-bond donors (Lipinski definition) is 0. The van der Waals surface area contributed by atoms with Crippen molar-refractivity contribution >= 4 is 34.5 Å². The number of carbonyl (C=O) groups excluding carboxylic acids is 2. The maximum absolute atomic E-state index is 13.7. The Labute approximate surface area is 190 Å². The molecule has 0 bridgehead atoms. The molecule has 32 heavy (non-hydrogen) atoms. The Balaban J connectivity index is 1.61. The fraction of sp³-hybridized carbons (Fsp3) is 0.154. The van der Waals surface area contributed by atoms with Gasteiger partial charge in [-0.15, -0.1) is 11.3 Å². The quantitative estimate of drug-likeness (QED) is 0.380. The van der Waals surface area contributed by atoms with Gasteiger partial charge in [-0.25, -0.2) is 0 Å². The van der Waals surface area contributed by atoms with Crippen molar-refractivity contribution < 1.29 is 14.0 Å². The van der Waals surface area contributed by atoms with Crippen molar-refractivity contribution in [3.05, 3.63) is 107 Å². The number of fused-ring (bicyclic) bond motifs is 1. The van der Waals surface area contributed by atoms with Crippen LogP contribution in [0, 0.1) is 0 Å². The third-order valence-corrected chi connectivity index (χ3v) is 6.67. The first kappa shape index (κ1) is 20.3. The molecule has 1 aliphatic heterocycles. The first-order valence-corrected chi connectivity index (χ1v) is 11.4. The Morgan fingerprint density at radius 2 is 1.75 bits per heavy atom. The van der Waals surface area contributed by atoms with Gasteiger partial charge in [-0.1, -0.05) is 42.5 Å². The molecule has 0 fully saturated rings. The van der Waals surface area contributed by atoms with Crippen LogP contribution in [0.25, 0.3) is 0 Å². The van der Waals surface area contributed by atoms with Gasteiger partial charge in [0.15, 0.2) is 5.76 Å². The molecule has 160 valence electrons. The number of para-hydroxylation sites is 2. The summed E-state index contributed by atoms with van der Waals surface area (Å²) in [6, 6.07) is 24.4. The molecule has 0 spiro atoms. The minimum Gasteiger partial charge on any atom is -0.459 e. The van der Waals surface area contributed by atoms with Gasteiger partial charge < -0.3 is 14.2 Å². The standard InChI is InChI=1S/C26H22N2O3S/c1-18-17-22(28(19-9-3-2-4-10-19)26(30)24-14-8-16-32-24)20-11-5-6-12-21(20)27(18)25(29)23-13-7-15-31-23/h2-16,18,22H,17H2,1H3/t18-,22+/m1/s1. The molecule has 6 heteroatoms. The third-order valence-electron chi connectivity index (χ3n) is 5.81. The van der Waals surface area contributed by atoms with E-state index in [9.17, 15) is 9.59 Å². The number of furan rings is 1. The fourth-order valence-corrected chi connectivity index (χ4v) is 5.06. The lowest BCUT2D eigenvalue weighted by molar-refractivity contribution is 0.0944. The number of nitrogens with zero attached hydrogens (tertiary/aromatic N) is 2. The van der Waals surface area contributed by atoms with E-state index in [2.05, 4.69) is 0 Å². The second-order valence-electron chi connectivity index (χ2n) is 7.80. The lowest BCUT2D eigenvalue weighted by Crippen LogP contribution is -2.47. The van der Waals surface area contributed by atoms with Crippen LogP contribution in [0.1, 0.15) is 45.2 Å². The molecule has 4 aromatic rings. The monoisotopic (exact) mass is 442 g/mol. The summed E-state index contributed by atoms with van der Waals surface area (Å²) in [6.07, 6.45) is 2.11. The molecular weight excluding hydrogens is 420 g/mol. The Hall–Kier alpha value is -3.64. The molecular formula is C26H22N2O3S. The van der Waals surface area contributed by atoms with E-state index in [4.69, 9.17) is 4.42 Å². The van der Waals surface area contributed by atoms with E-state index in [0.29, 0.717) is 17.1 Å². The third kappa shape index (κ3) is 3.52. The highest BCUT2D eigenvalue weighted by Crippen LogP contribution is 2.43. The molecule has 2 amide bonds. The van der Waals surface area contributed by atoms with Crippen molar-refractivity contribution in [2.24, 2.45) is 0 Å². The van der Waals surface area contributed by atoms with Gasteiger partial charge in [0.1, 0.15) is 0 Å². The molecule has 0 radical (unpaired) electrons. The Kier molecular flexibility index (Phi) is 5.37. The van der Waals surface area contributed by atoms with Gasteiger partial charge >= 0.3 is 0 Å². The van der Waals surface area contributed by atoms with Crippen molar-refractivity contribution in [1.82, 2.24) is 0 Å². The molecule has 3 heterocycles. The van der Waals surface area contributed by atoms with E-state index in [1.807, 2.05) is 83.9 Å². The van der Waals surface area contributed by atoms with Crippen molar-refractivity contribution in [1.29, 1.82) is 0 Å². The van der Waals surface area contributed by atoms with Gasteiger partial charge in [-0.3, -0.25) is 9.59 Å². The van der Waals surface area contributed by atoms with Crippen LogP contribution in [0.2, 0.25) is 0 Å². The number of hydrogen-bond acceptors (Lipinski definition) is 4. The topological polar surface area (TPSA) is 53.8 Å². The zero-order chi connectivity index (χ0) is 22.1. The average molecular weight is 443 g/mol. The molecule has 0 saturated heterocycles. The van der Waals surface area contributed by atoms with E-state index in [0.717, 1.165) is 16.9 Å². The van der Waals surface area contributed by atoms with E-state index < -0.39 is 0 Å². The lowest BCUT2D eigenvalue weighted by atomic mass is 9.89. The molecule has 2 aromatic carbocycles. The fourth-order valence-electron chi connectivity index (χ4n) is 4.40. The minimum absolute atomic E-state index is 0.0379. The van der Waals surface area contributed by atoms with Gasteiger partial charge in [0, 0.05) is 17.4 Å². The van der Waals surface area contributed by atoms with E-state index in [1.54, 1.807) is 17.0 Å². The van der Waals surface area contributed by atoms with E-state index in [-0.39, 0.29) is 23.9 Å². The normalized spacial score (nSPS) is 17.6. The molecule has 5 rings (SSSR count). The highest BCUT2D eigenvalue weighted by molar-refractivity contribution is 7.12. The number of carbonyl (C=O) groups is 2. The van der Waals surface area contributed by atoms with Crippen LogP contribution in [0.5, 0.6) is 0 Å². The molecule has 0 aliphatic carbocycles. The van der Waals surface area contributed by atoms with Crippen molar-refractivity contribution in [2.45, 2.75) is 25.4 Å². The van der Waals surface area contributed by atoms with Gasteiger partial charge in [0.25, 0.3) is 11.8 Å². The maximum Gasteiger partial charge on any atom is 0.294 e. The summed E-state index contributed by atoms with van der Waals surface area (Å²) in [5.74, 6) is 0.0907. The van der Waals surface area contributed by atoms with Crippen molar-refractivity contribution in [2.75, 3.05) is 9.80 Å². The largest absolute Gasteiger partial charge is 0.459 e. The molecule has 0 unspecified atom stereocenters. The van der Waals surface area contributed by atoms with Crippen LogP contribution < -0.4 is 9.80 Å². The highest BCUT2D eigenvalue weighted by atomic mass is 32.1. The van der Waals surface area contributed by atoms with Gasteiger partial charge in [-0.2, -0.15) is 0 Å². The molecule has 2 aromatic heterocycles. The van der Waals surface area contributed by atoms with Crippen LogP contribution in [-0.2, 0) is 0 Å². The predicted octanol–water partition coefficient (Wildman–Crippen LogP) is 6.17. The Morgan fingerprint density at radius 1 is 0.969 bits per heavy atom. The van der Waals surface area contributed by atoms with E-state index in [1.165, 1.54) is 17.6 Å². The first-order chi connectivity index (χ1) is 15.6. The average Bonchev–Trinajstić information content (AvgIpc) is 3.54. The Bertz CT molecular complexity index is 1220. The van der Waals surface area contributed by atoms with Gasteiger partial charge in [-0.05, 0) is 60.7 Å². The van der Waals surface area contributed by atoms with Crippen LogP contribution in [0.3, 0.4) is 0 Å². The minimum atomic E-state index is -0.209. The number of anilines is 2. The summed E-state index contributed by atoms with van der Waals surface area (Å²) in [7, 11) is 0.